The number of carbonyl (C=O) groups excluding carboxylic acids is 3. The van der Waals surface area contributed by atoms with Crippen molar-refractivity contribution in [2.45, 2.75) is 39.3 Å². The van der Waals surface area contributed by atoms with Crippen molar-refractivity contribution in [1.29, 1.82) is 0 Å². The zero-order chi connectivity index (χ0) is 17.6. The Hall–Kier alpha value is -2.44. The number of nitrogens with two attached hydrogens (primary N) is 1. The van der Waals surface area contributed by atoms with Gasteiger partial charge in [0.25, 0.3) is 0 Å². The third-order valence-corrected chi connectivity index (χ3v) is 3.35. The second-order valence-corrected chi connectivity index (χ2v) is 5.68. The Kier molecular flexibility index (Phi) is 6.68. The smallest absolute Gasteiger partial charge is 0.243 e. The van der Waals surface area contributed by atoms with E-state index in [2.05, 4.69) is 10.6 Å². The van der Waals surface area contributed by atoms with Crippen molar-refractivity contribution in [2.75, 3.05) is 0 Å². The van der Waals surface area contributed by atoms with Gasteiger partial charge < -0.3 is 16.4 Å². The molecule has 0 fully saturated rings. The molecule has 0 radical (unpaired) electrons. The van der Waals surface area contributed by atoms with E-state index in [4.69, 9.17) is 5.73 Å². The summed E-state index contributed by atoms with van der Waals surface area (Å²) in [5.74, 6) is -2.35. The van der Waals surface area contributed by atoms with Crippen LogP contribution in [0.2, 0.25) is 0 Å². The van der Waals surface area contributed by atoms with Gasteiger partial charge >= 0.3 is 0 Å². The lowest BCUT2D eigenvalue weighted by Gasteiger charge is -2.23. The Morgan fingerprint density at radius 1 is 1.17 bits per heavy atom. The molecule has 1 rings (SSSR count). The first-order valence-electron chi connectivity index (χ1n) is 7.32. The molecule has 1 aromatic carbocycles. The quantitative estimate of drug-likeness (QED) is 0.681. The Morgan fingerprint density at radius 3 is 2.26 bits per heavy atom. The molecule has 6 nitrogen and oxygen atoms in total. The van der Waals surface area contributed by atoms with Crippen molar-refractivity contribution in [3.05, 3.63) is 35.6 Å². The van der Waals surface area contributed by atoms with Gasteiger partial charge in [-0.1, -0.05) is 32.0 Å². The lowest BCUT2D eigenvalue weighted by Crippen LogP contribution is -2.55. The Bertz CT molecular complexity index is 590. The maximum absolute atomic E-state index is 13.8. The maximum Gasteiger partial charge on any atom is 0.243 e. The molecule has 7 heteroatoms. The van der Waals surface area contributed by atoms with E-state index in [1.807, 2.05) is 0 Å². The van der Waals surface area contributed by atoms with Crippen LogP contribution in [-0.4, -0.2) is 29.8 Å². The van der Waals surface area contributed by atoms with Gasteiger partial charge in [-0.15, -0.1) is 0 Å². The minimum absolute atomic E-state index is 0.0261. The van der Waals surface area contributed by atoms with E-state index in [-0.39, 0.29) is 12.3 Å². The molecule has 4 N–H and O–H groups in total. The van der Waals surface area contributed by atoms with Crippen LogP contribution in [0.15, 0.2) is 24.3 Å². The molecule has 0 aliphatic rings. The van der Waals surface area contributed by atoms with Gasteiger partial charge in [0.1, 0.15) is 17.9 Å². The highest BCUT2D eigenvalue weighted by molar-refractivity contribution is 5.91. The van der Waals surface area contributed by atoms with Crippen LogP contribution in [0.5, 0.6) is 0 Å². The fraction of sp³-hybridized carbons (Fsp3) is 0.438. The van der Waals surface area contributed by atoms with Crippen LogP contribution in [-0.2, 0) is 20.8 Å². The Morgan fingerprint density at radius 2 is 1.78 bits per heavy atom. The number of carbonyl (C=O) groups is 3. The highest BCUT2D eigenvalue weighted by Crippen LogP contribution is 2.10. The van der Waals surface area contributed by atoms with Crippen LogP contribution >= 0.6 is 0 Å². The van der Waals surface area contributed by atoms with Gasteiger partial charge in [-0.05, 0) is 17.5 Å². The lowest BCUT2D eigenvalue weighted by atomic mass is 10.0. The number of amides is 3. The van der Waals surface area contributed by atoms with Crippen molar-refractivity contribution in [3.63, 3.8) is 0 Å². The topological polar surface area (TPSA) is 101 Å². The number of hydrogen-bond donors (Lipinski definition) is 3. The third-order valence-electron chi connectivity index (χ3n) is 3.35. The number of rotatable bonds is 7. The maximum atomic E-state index is 13.8. The molecular formula is C16H22FN3O3. The average molecular weight is 323 g/mol. The van der Waals surface area contributed by atoms with Crippen LogP contribution in [0.25, 0.3) is 0 Å². The summed E-state index contributed by atoms with van der Waals surface area (Å²) in [6, 6.07) is 4.13. The molecule has 1 aromatic rings. The fourth-order valence-corrected chi connectivity index (χ4v) is 2.16. The molecule has 2 atom stereocenters. The second kappa shape index (κ2) is 8.26. The van der Waals surface area contributed by atoms with Gasteiger partial charge in [0, 0.05) is 13.3 Å². The van der Waals surface area contributed by atoms with E-state index in [1.54, 1.807) is 19.9 Å². The molecule has 0 aliphatic heterocycles. The highest BCUT2D eigenvalue weighted by Gasteiger charge is 2.27. The average Bonchev–Trinajstić information content (AvgIpc) is 2.44. The summed E-state index contributed by atoms with van der Waals surface area (Å²) in [5.41, 5.74) is 5.56. The molecule has 0 aromatic heterocycles. The van der Waals surface area contributed by atoms with Gasteiger partial charge in [-0.2, -0.15) is 0 Å². The van der Waals surface area contributed by atoms with Gasteiger partial charge in [0.15, 0.2) is 0 Å². The molecule has 23 heavy (non-hydrogen) atoms. The van der Waals surface area contributed by atoms with Crippen LogP contribution < -0.4 is 16.4 Å². The molecule has 0 saturated heterocycles. The normalized spacial score (nSPS) is 13.3. The molecule has 0 spiro atoms. The summed E-state index contributed by atoms with van der Waals surface area (Å²) in [5, 5.41) is 4.98. The standard InChI is InChI=1S/C16H22FN3O3/c1-9(2)14(15(18)22)20-16(23)13(19-10(3)21)8-11-6-4-5-7-12(11)17/h4-7,9,13-14H,8H2,1-3H3,(H2,18,22)(H,19,21)(H,20,23)/t13-,14-/m0/s1. The molecule has 0 unspecified atom stereocenters. The third kappa shape index (κ3) is 5.69. The number of hydrogen-bond acceptors (Lipinski definition) is 3. The lowest BCUT2D eigenvalue weighted by molar-refractivity contribution is -0.131. The Balaban J connectivity index is 2.92. The Labute approximate surface area is 134 Å². The van der Waals surface area contributed by atoms with Crippen LogP contribution in [0, 0.1) is 11.7 Å². The number of benzene rings is 1. The van der Waals surface area contributed by atoms with E-state index in [9.17, 15) is 18.8 Å². The molecule has 0 heterocycles. The van der Waals surface area contributed by atoms with E-state index in [0.29, 0.717) is 5.56 Å². The number of nitrogens with one attached hydrogen (secondary N) is 2. The van der Waals surface area contributed by atoms with Crippen molar-refractivity contribution in [3.8, 4) is 0 Å². The van der Waals surface area contributed by atoms with Crippen LogP contribution in [0.4, 0.5) is 4.39 Å². The summed E-state index contributed by atoms with van der Waals surface area (Å²) in [6.07, 6.45) is -0.0261. The summed E-state index contributed by atoms with van der Waals surface area (Å²) >= 11 is 0. The molecule has 0 aliphatic carbocycles. The SMILES string of the molecule is CC(=O)N[C@@H](Cc1ccccc1F)C(=O)N[C@H](C(N)=O)C(C)C. The van der Waals surface area contributed by atoms with Gasteiger partial charge in [0.2, 0.25) is 17.7 Å². The summed E-state index contributed by atoms with van der Waals surface area (Å²) in [4.78, 5) is 35.1. The summed E-state index contributed by atoms with van der Waals surface area (Å²) in [7, 11) is 0. The molecule has 126 valence electrons. The van der Waals surface area contributed by atoms with E-state index in [0.717, 1.165) is 0 Å². The second-order valence-electron chi connectivity index (χ2n) is 5.68. The molecule has 3 amide bonds. The zero-order valence-corrected chi connectivity index (χ0v) is 13.4. The van der Waals surface area contributed by atoms with Crippen LogP contribution in [0.1, 0.15) is 26.3 Å². The zero-order valence-electron chi connectivity index (χ0n) is 13.4. The predicted molar refractivity (Wildman–Crippen MR) is 83.7 cm³/mol. The number of halogens is 1. The minimum Gasteiger partial charge on any atom is -0.368 e. The molecular weight excluding hydrogens is 301 g/mol. The van der Waals surface area contributed by atoms with Gasteiger partial charge in [-0.3, -0.25) is 14.4 Å². The van der Waals surface area contributed by atoms with Gasteiger partial charge in [-0.25, -0.2) is 4.39 Å². The number of primary amides is 1. The van der Waals surface area contributed by atoms with Crippen molar-refractivity contribution in [1.82, 2.24) is 10.6 Å². The van der Waals surface area contributed by atoms with E-state index >= 15 is 0 Å². The highest BCUT2D eigenvalue weighted by atomic mass is 19.1. The predicted octanol–water partition coefficient (Wildman–Crippen LogP) is 0.499. The summed E-state index contributed by atoms with van der Waals surface area (Å²) < 4.78 is 13.8. The van der Waals surface area contributed by atoms with Crippen molar-refractivity contribution in [2.24, 2.45) is 11.7 Å². The van der Waals surface area contributed by atoms with Crippen molar-refractivity contribution >= 4 is 17.7 Å². The largest absolute Gasteiger partial charge is 0.368 e. The van der Waals surface area contributed by atoms with Gasteiger partial charge in [0.05, 0.1) is 0 Å². The van der Waals surface area contributed by atoms with Crippen LogP contribution in [0.3, 0.4) is 0 Å². The van der Waals surface area contributed by atoms with Crippen molar-refractivity contribution < 1.29 is 18.8 Å². The fourth-order valence-electron chi connectivity index (χ4n) is 2.16. The molecule has 0 bridgehead atoms. The minimum atomic E-state index is -0.995. The first kappa shape index (κ1) is 18.6. The van der Waals surface area contributed by atoms with E-state index < -0.39 is 35.6 Å². The van der Waals surface area contributed by atoms with E-state index in [1.165, 1.54) is 25.1 Å². The first-order chi connectivity index (χ1) is 10.7. The first-order valence-corrected chi connectivity index (χ1v) is 7.32. The monoisotopic (exact) mass is 323 g/mol. The summed E-state index contributed by atoms with van der Waals surface area (Å²) in [6.45, 7) is 4.73. The molecule has 0 saturated carbocycles.